The SMILES string of the molecule is CC(C)(C)[NH3+].O=C([O-])C1CNC1. The highest BCUT2D eigenvalue weighted by atomic mass is 16.4. The lowest BCUT2D eigenvalue weighted by molar-refractivity contribution is -0.458. The van der Waals surface area contributed by atoms with E-state index in [2.05, 4.69) is 31.8 Å². The Morgan fingerprint density at radius 3 is 1.83 bits per heavy atom. The zero-order valence-corrected chi connectivity index (χ0v) is 8.02. The van der Waals surface area contributed by atoms with Crippen LogP contribution in [0, 0.1) is 5.92 Å². The fraction of sp³-hybridized carbons (Fsp3) is 0.875. The molecule has 0 atom stereocenters. The second-order valence-corrected chi connectivity index (χ2v) is 4.23. The molecule has 0 amide bonds. The molecule has 0 saturated carbocycles. The van der Waals surface area contributed by atoms with Crippen molar-refractivity contribution < 1.29 is 15.6 Å². The zero-order valence-electron chi connectivity index (χ0n) is 8.02. The van der Waals surface area contributed by atoms with Gasteiger partial charge in [0.05, 0.1) is 5.54 Å². The predicted molar refractivity (Wildman–Crippen MR) is 44.0 cm³/mol. The maximum Gasteiger partial charge on any atom is 0.0860 e. The van der Waals surface area contributed by atoms with Crippen LogP contribution >= 0.6 is 0 Å². The lowest BCUT2D eigenvalue weighted by Crippen LogP contribution is -2.67. The summed E-state index contributed by atoms with van der Waals surface area (Å²) < 4.78 is 0. The van der Waals surface area contributed by atoms with Crippen LogP contribution in [-0.2, 0) is 4.79 Å². The molecule has 0 unspecified atom stereocenters. The molecule has 1 fully saturated rings. The lowest BCUT2D eigenvalue weighted by atomic mass is 10.1. The highest BCUT2D eigenvalue weighted by molar-refractivity contribution is 5.69. The van der Waals surface area contributed by atoms with E-state index in [1.165, 1.54) is 0 Å². The Morgan fingerprint density at radius 2 is 1.83 bits per heavy atom. The van der Waals surface area contributed by atoms with Gasteiger partial charge in [0.1, 0.15) is 0 Å². The minimum absolute atomic E-state index is 0.222. The van der Waals surface area contributed by atoms with E-state index in [1.54, 1.807) is 0 Å². The number of quaternary nitrogens is 1. The minimum Gasteiger partial charge on any atom is -0.550 e. The van der Waals surface area contributed by atoms with Gasteiger partial charge in [0.2, 0.25) is 0 Å². The average molecular weight is 174 g/mol. The molecule has 4 nitrogen and oxygen atoms in total. The maximum absolute atomic E-state index is 9.83. The molecule has 0 radical (unpaired) electrons. The summed E-state index contributed by atoms with van der Waals surface area (Å²) in [6.45, 7) is 7.40. The van der Waals surface area contributed by atoms with Gasteiger partial charge in [-0.25, -0.2) is 0 Å². The number of carbonyl (C=O) groups is 1. The van der Waals surface area contributed by atoms with E-state index in [4.69, 9.17) is 0 Å². The topological polar surface area (TPSA) is 79.8 Å². The van der Waals surface area contributed by atoms with Crippen molar-refractivity contribution in [3.63, 3.8) is 0 Å². The molecule has 1 aliphatic heterocycles. The van der Waals surface area contributed by atoms with Crippen LogP contribution in [0.25, 0.3) is 0 Å². The number of carboxylic acids is 1. The fourth-order valence-corrected chi connectivity index (χ4v) is 0.455. The molecule has 12 heavy (non-hydrogen) atoms. The van der Waals surface area contributed by atoms with Crippen molar-refractivity contribution in [1.29, 1.82) is 0 Å². The molecule has 4 N–H and O–H groups in total. The second kappa shape index (κ2) is 4.42. The number of nitrogens with one attached hydrogen (secondary N) is 1. The van der Waals surface area contributed by atoms with E-state index >= 15 is 0 Å². The van der Waals surface area contributed by atoms with Gasteiger partial charge in [0.25, 0.3) is 0 Å². The van der Waals surface area contributed by atoms with Crippen molar-refractivity contribution in [3.05, 3.63) is 0 Å². The summed E-state index contributed by atoms with van der Waals surface area (Å²) in [5.74, 6) is -1.15. The molecule has 0 bridgehead atoms. The zero-order chi connectivity index (χ0) is 9.78. The fourth-order valence-electron chi connectivity index (χ4n) is 0.455. The van der Waals surface area contributed by atoms with Gasteiger partial charge in [0.15, 0.2) is 0 Å². The number of aliphatic carboxylic acids is 1. The van der Waals surface area contributed by atoms with E-state index in [1.807, 2.05) is 0 Å². The summed E-state index contributed by atoms with van der Waals surface area (Å²) in [5.41, 5.74) is 4.02. The largest absolute Gasteiger partial charge is 0.550 e. The molecule has 0 aromatic heterocycles. The molecule has 0 spiro atoms. The van der Waals surface area contributed by atoms with Gasteiger partial charge < -0.3 is 21.0 Å². The molecule has 72 valence electrons. The molecule has 0 aromatic rings. The van der Waals surface area contributed by atoms with Crippen molar-refractivity contribution >= 4 is 5.97 Å². The Hall–Kier alpha value is -0.610. The normalized spacial score (nSPS) is 17.3. The van der Waals surface area contributed by atoms with Crippen LogP contribution in [0.4, 0.5) is 0 Å². The van der Waals surface area contributed by atoms with E-state index in [0.29, 0.717) is 13.1 Å². The Bertz CT molecular complexity index is 142. The minimum atomic E-state index is -0.932. The summed E-state index contributed by atoms with van der Waals surface area (Å²) in [5, 5.41) is 12.7. The number of carbonyl (C=O) groups excluding carboxylic acids is 1. The first-order valence-electron chi connectivity index (χ1n) is 4.07. The number of rotatable bonds is 1. The van der Waals surface area contributed by atoms with Gasteiger partial charge in [-0.3, -0.25) is 0 Å². The Labute approximate surface area is 73.1 Å². The van der Waals surface area contributed by atoms with Gasteiger partial charge in [-0.15, -0.1) is 0 Å². The van der Waals surface area contributed by atoms with Crippen LogP contribution in [0.3, 0.4) is 0 Å². The Balaban J connectivity index is 0.000000217. The van der Waals surface area contributed by atoms with Gasteiger partial charge in [-0.1, -0.05) is 0 Å². The third-order valence-corrected chi connectivity index (χ3v) is 1.11. The second-order valence-electron chi connectivity index (χ2n) is 4.23. The average Bonchev–Trinajstić information content (AvgIpc) is 1.49. The van der Waals surface area contributed by atoms with Crippen molar-refractivity contribution in [1.82, 2.24) is 5.32 Å². The lowest BCUT2D eigenvalue weighted by Gasteiger charge is -2.27. The van der Waals surface area contributed by atoms with Gasteiger partial charge in [-0.2, -0.15) is 0 Å². The van der Waals surface area contributed by atoms with Crippen LogP contribution in [0.1, 0.15) is 20.8 Å². The highest BCUT2D eigenvalue weighted by Crippen LogP contribution is 1.98. The molecular weight excluding hydrogens is 156 g/mol. The Kier molecular flexibility index (Phi) is 4.20. The summed E-state index contributed by atoms with van der Waals surface area (Å²) >= 11 is 0. The van der Waals surface area contributed by atoms with Crippen LogP contribution < -0.4 is 16.2 Å². The third-order valence-electron chi connectivity index (χ3n) is 1.11. The van der Waals surface area contributed by atoms with E-state index in [0.717, 1.165) is 0 Å². The highest BCUT2D eigenvalue weighted by Gasteiger charge is 2.16. The van der Waals surface area contributed by atoms with Crippen molar-refractivity contribution in [2.24, 2.45) is 5.92 Å². The summed E-state index contributed by atoms with van der Waals surface area (Å²) in [7, 11) is 0. The maximum atomic E-state index is 9.83. The third kappa shape index (κ3) is 7.50. The van der Waals surface area contributed by atoms with Crippen molar-refractivity contribution in [2.45, 2.75) is 26.3 Å². The van der Waals surface area contributed by atoms with E-state index in [9.17, 15) is 9.90 Å². The molecular formula is C8H18N2O2. The molecule has 1 rings (SSSR count). The summed E-state index contributed by atoms with van der Waals surface area (Å²) in [4.78, 5) is 9.83. The number of hydrogen-bond donors (Lipinski definition) is 2. The van der Waals surface area contributed by atoms with Gasteiger partial charge >= 0.3 is 0 Å². The van der Waals surface area contributed by atoms with Crippen LogP contribution in [0.15, 0.2) is 0 Å². The monoisotopic (exact) mass is 174 g/mol. The first-order valence-corrected chi connectivity index (χ1v) is 4.07. The van der Waals surface area contributed by atoms with E-state index < -0.39 is 5.97 Å². The predicted octanol–water partition coefficient (Wildman–Crippen LogP) is -2.02. The summed E-state index contributed by atoms with van der Waals surface area (Å²) in [6, 6.07) is 0. The molecule has 4 heteroatoms. The first-order chi connectivity index (χ1) is 5.30. The molecule has 1 saturated heterocycles. The van der Waals surface area contributed by atoms with Crippen LogP contribution in [-0.4, -0.2) is 24.6 Å². The molecule has 0 aromatic carbocycles. The first kappa shape index (κ1) is 11.4. The smallest absolute Gasteiger partial charge is 0.0860 e. The molecule has 1 heterocycles. The number of hydrogen-bond acceptors (Lipinski definition) is 3. The quantitative estimate of drug-likeness (QED) is 0.481. The number of carboxylic acid groups (broad SMARTS) is 1. The van der Waals surface area contributed by atoms with Crippen molar-refractivity contribution in [3.8, 4) is 0 Å². The van der Waals surface area contributed by atoms with Crippen LogP contribution in [0.5, 0.6) is 0 Å². The molecule has 0 aliphatic carbocycles. The van der Waals surface area contributed by atoms with Gasteiger partial charge in [0, 0.05) is 25.0 Å². The van der Waals surface area contributed by atoms with Gasteiger partial charge in [-0.05, 0) is 20.8 Å². The molecule has 1 aliphatic rings. The van der Waals surface area contributed by atoms with Crippen molar-refractivity contribution in [2.75, 3.05) is 13.1 Å². The van der Waals surface area contributed by atoms with E-state index in [-0.39, 0.29) is 11.5 Å². The van der Waals surface area contributed by atoms with Crippen LogP contribution in [0.2, 0.25) is 0 Å². The summed E-state index contributed by atoms with van der Waals surface area (Å²) in [6.07, 6.45) is 0. The Morgan fingerprint density at radius 1 is 1.50 bits per heavy atom. The standard InChI is InChI=1S/C4H7NO2.C4H11N/c6-4(7)3-1-5-2-3;1-4(2,3)5/h3,5H,1-2H2,(H,6,7);5H2,1-3H3.